The van der Waals surface area contributed by atoms with E-state index in [4.69, 9.17) is 0 Å². The summed E-state index contributed by atoms with van der Waals surface area (Å²) < 4.78 is 2.01. The van der Waals surface area contributed by atoms with Crippen molar-refractivity contribution in [2.75, 3.05) is 0 Å². The van der Waals surface area contributed by atoms with Crippen molar-refractivity contribution in [2.45, 2.75) is 19.1 Å². The zero-order valence-corrected chi connectivity index (χ0v) is 11.5. The van der Waals surface area contributed by atoms with Gasteiger partial charge in [0.05, 0.1) is 5.78 Å². The van der Waals surface area contributed by atoms with E-state index in [2.05, 4.69) is 40.3 Å². The molecule has 0 radical (unpaired) electrons. The van der Waals surface area contributed by atoms with Gasteiger partial charge in [-0.1, -0.05) is 14.9 Å². The minimum absolute atomic E-state index is 0.0518. The molecular formula is C5H12N4P4. The molecule has 1 aromatic heterocycles. The summed E-state index contributed by atoms with van der Waals surface area (Å²) in [6.45, 7) is 2.27. The number of tetrazole rings is 1. The number of hydrogen-bond acceptors (Lipinski definition) is 3. The predicted molar refractivity (Wildman–Crippen MR) is 64.4 cm³/mol. The molecule has 0 N–H and O–H groups in total. The maximum absolute atomic E-state index is 4.05. The lowest BCUT2D eigenvalue weighted by molar-refractivity contribution is 0.493. The quantitative estimate of drug-likeness (QED) is 0.756. The summed E-state index contributed by atoms with van der Waals surface area (Å²) in [5.41, 5.74) is 0. The van der Waals surface area contributed by atoms with Gasteiger partial charge < -0.3 is 0 Å². The molecule has 0 aromatic carbocycles. The lowest BCUT2D eigenvalue weighted by Gasteiger charge is -2.22. The van der Waals surface area contributed by atoms with E-state index in [0.29, 0.717) is 11.7 Å². The molecule has 1 aliphatic heterocycles. The fourth-order valence-electron chi connectivity index (χ4n) is 1.65. The maximum Gasteiger partial charge on any atom is 0.152 e. The lowest BCUT2D eigenvalue weighted by Crippen LogP contribution is -2.07. The topological polar surface area (TPSA) is 43.6 Å². The van der Waals surface area contributed by atoms with Gasteiger partial charge in [0.15, 0.2) is 5.82 Å². The van der Waals surface area contributed by atoms with Gasteiger partial charge in [0.1, 0.15) is 0 Å². The van der Waals surface area contributed by atoms with Gasteiger partial charge in [0.25, 0.3) is 0 Å². The molecule has 2 rings (SSSR count). The van der Waals surface area contributed by atoms with E-state index in [1.54, 1.807) is 0 Å². The average molecular weight is 252 g/mol. The van der Waals surface area contributed by atoms with Crippen LogP contribution in [-0.4, -0.2) is 20.2 Å². The fourth-order valence-corrected chi connectivity index (χ4v) is 7.06. The smallest absolute Gasteiger partial charge is 0.152 e. The molecule has 0 fully saturated rings. The summed E-state index contributed by atoms with van der Waals surface area (Å²) in [5.74, 6) is 2.24. The van der Waals surface area contributed by atoms with Gasteiger partial charge in [-0.25, -0.2) is 4.68 Å². The second-order valence-electron chi connectivity index (χ2n) is 3.17. The van der Waals surface area contributed by atoms with Crippen molar-refractivity contribution in [3.05, 3.63) is 5.82 Å². The van der Waals surface area contributed by atoms with Gasteiger partial charge in [0, 0.05) is 6.42 Å². The molecule has 0 saturated carbocycles. The van der Waals surface area contributed by atoms with Crippen LogP contribution in [0.25, 0.3) is 0 Å². The van der Waals surface area contributed by atoms with E-state index in [1.165, 1.54) is 0 Å². The van der Waals surface area contributed by atoms with E-state index in [0.717, 1.165) is 20.2 Å². The summed E-state index contributed by atoms with van der Waals surface area (Å²) in [4.78, 5) is 0. The number of rotatable bonds is 2. The highest BCUT2D eigenvalue weighted by Crippen LogP contribution is 2.75. The molecular weight excluding hydrogens is 240 g/mol. The second kappa shape index (κ2) is 4.11. The van der Waals surface area contributed by atoms with Crippen molar-refractivity contribution in [2.24, 2.45) is 5.92 Å². The zero-order valence-electron chi connectivity index (χ0n) is 7.25. The molecule has 8 heteroatoms. The Morgan fingerprint density at radius 3 is 3.15 bits per heavy atom. The highest BCUT2D eigenvalue weighted by molar-refractivity contribution is 8.61. The molecule has 1 aromatic rings. The van der Waals surface area contributed by atoms with E-state index >= 15 is 0 Å². The average Bonchev–Trinajstić information content (AvgIpc) is 2.62. The Hall–Kier alpha value is 0.790. The summed E-state index contributed by atoms with van der Waals surface area (Å²) in [7, 11) is 6.64. The van der Waals surface area contributed by atoms with Crippen LogP contribution in [0.1, 0.15) is 18.5 Å². The zero-order chi connectivity index (χ0) is 9.42. The van der Waals surface area contributed by atoms with Crippen LogP contribution in [-0.2, 0) is 6.42 Å². The Kier molecular flexibility index (Phi) is 3.26. The first-order chi connectivity index (χ1) is 6.24. The molecule has 6 atom stereocenters. The third-order valence-corrected chi connectivity index (χ3v) is 13.2. The first-order valence-corrected chi connectivity index (χ1v) is 10.7. The largest absolute Gasteiger partial charge is 0.221 e. The van der Waals surface area contributed by atoms with Crippen molar-refractivity contribution in [3.63, 3.8) is 0 Å². The Bertz CT molecular complexity index is 302. The Morgan fingerprint density at radius 1 is 1.69 bits per heavy atom. The third kappa shape index (κ3) is 1.80. The number of aromatic nitrogens is 4. The Labute approximate surface area is 84.6 Å². The van der Waals surface area contributed by atoms with Gasteiger partial charge in [-0.05, 0) is 23.6 Å². The minimum atomic E-state index is -0.0518. The molecule has 0 amide bonds. The van der Waals surface area contributed by atoms with Crippen molar-refractivity contribution in [1.29, 1.82) is 0 Å². The molecule has 1 aliphatic rings. The molecule has 2 heterocycles. The molecule has 4 unspecified atom stereocenters. The van der Waals surface area contributed by atoms with E-state index in [-0.39, 0.29) is 7.30 Å². The third-order valence-electron chi connectivity index (χ3n) is 2.26. The molecule has 0 aliphatic carbocycles. The normalized spacial score (nSPS) is 29.8. The first kappa shape index (κ1) is 10.3. The molecule has 0 spiro atoms. The second-order valence-corrected chi connectivity index (χ2v) is 12.6. The van der Waals surface area contributed by atoms with Crippen LogP contribution in [0.5, 0.6) is 0 Å². The van der Waals surface area contributed by atoms with Crippen LogP contribution in [0.2, 0.25) is 0 Å². The fraction of sp³-hybridized carbons (Fsp3) is 0.800. The van der Waals surface area contributed by atoms with Crippen LogP contribution in [0.3, 0.4) is 0 Å². The predicted octanol–water partition coefficient (Wildman–Crippen LogP) is 2.02. The monoisotopic (exact) mass is 252 g/mol. The van der Waals surface area contributed by atoms with E-state index < -0.39 is 0 Å². The maximum atomic E-state index is 4.05. The standard InChI is InChI=1S/C5H12N4P4/c1-3-2-4-6-7-8-9(4)5(3)13(11)12-10/h3,5,12H,2,10-11H2,1H3/t3-,5+,13?/m0/s1. The van der Waals surface area contributed by atoms with Crippen LogP contribution in [0, 0.1) is 5.92 Å². The Balaban J connectivity index is 2.28. The lowest BCUT2D eigenvalue weighted by atomic mass is 10.1. The van der Waals surface area contributed by atoms with Gasteiger partial charge in [-0.2, -0.15) is 0 Å². The van der Waals surface area contributed by atoms with Crippen molar-refractivity contribution in [1.82, 2.24) is 20.2 Å². The molecule has 72 valence electrons. The van der Waals surface area contributed by atoms with Crippen LogP contribution in [0.15, 0.2) is 0 Å². The van der Waals surface area contributed by atoms with Crippen molar-refractivity contribution >= 4 is 33.1 Å². The van der Waals surface area contributed by atoms with Gasteiger partial charge in [-0.15, -0.1) is 23.0 Å². The molecule has 0 saturated heterocycles. The van der Waals surface area contributed by atoms with Crippen molar-refractivity contribution < 1.29 is 0 Å². The Morgan fingerprint density at radius 2 is 2.46 bits per heavy atom. The first-order valence-electron chi connectivity index (χ1n) is 4.01. The highest BCUT2D eigenvalue weighted by Gasteiger charge is 2.34. The van der Waals surface area contributed by atoms with E-state index in [1.807, 2.05) is 4.68 Å². The van der Waals surface area contributed by atoms with Crippen LogP contribution in [0.4, 0.5) is 0 Å². The van der Waals surface area contributed by atoms with Gasteiger partial charge in [-0.3, -0.25) is 0 Å². The summed E-state index contributed by atoms with van der Waals surface area (Å²) >= 11 is 0. The minimum Gasteiger partial charge on any atom is -0.221 e. The highest BCUT2D eigenvalue weighted by atomic mass is 32.6. The van der Waals surface area contributed by atoms with Gasteiger partial charge in [0.2, 0.25) is 0 Å². The number of nitrogens with zero attached hydrogens (tertiary/aromatic N) is 4. The number of hydrogen-bond donors (Lipinski definition) is 0. The summed E-state index contributed by atoms with van der Waals surface area (Å²) in [6.07, 6.45) is 1.03. The van der Waals surface area contributed by atoms with Gasteiger partial charge >= 0.3 is 0 Å². The molecule has 13 heavy (non-hydrogen) atoms. The summed E-state index contributed by atoms with van der Waals surface area (Å²) in [5, 5.41) is 11.8. The molecule has 0 bridgehead atoms. The van der Waals surface area contributed by atoms with Crippen LogP contribution >= 0.6 is 33.1 Å². The number of fused-ring (bicyclic) bond motifs is 1. The van der Waals surface area contributed by atoms with E-state index in [9.17, 15) is 0 Å². The molecule has 4 nitrogen and oxygen atoms in total. The van der Waals surface area contributed by atoms with Crippen molar-refractivity contribution in [3.8, 4) is 0 Å². The van der Waals surface area contributed by atoms with Crippen LogP contribution < -0.4 is 0 Å². The summed E-state index contributed by atoms with van der Waals surface area (Å²) in [6, 6.07) is 0. The SMILES string of the molecule is C[C@H]1Cc2nnnn2[C@@H]1P(P)PP.